The molecule has 11 rings (SSSR count). The van der Waals surface area contributed by atoms with Crippen molar-refractivity contribution in [3.63, 3.8) is 0 Å². The topological polar surface area (TPSA) is 3.24 Å². The van der Waals surface area contributed by atoms with Crippen LogP contribution in [0.4, 0.5) is 17.1 Å². The first kappa shape index (κ1) is 37.3. The van der Waals surface area contributed by atoms with E-state index < -0.39 is 0 Å². The van der Waals surface area contributed by atoms with Crippen LogP contribution < -0.4 is 4.90 Å². The van der Waals surface area contributed by atoms with Gasteiger partial charge in [0.15, 0.2) is 0 Å². The van der Waals surface area contributed by atoms with Gasteiger partial charge in [0.25, 0.3) is 0 Å². The molecule has 0 aliphatic heterocycles. The molecule has 10 aromatic rings. The maximum atomic E-state index is 2.44. The quantitative estimate of drug-likeness (QED) is 0.148. The second-order valence-corrected chi connectivity index (χ2v) is 17.0. The highest BCUT2D eigenvalue weighted by atomic mass is 15.1. The molecule has 1 heteroatoms. The molecule has 1 aliphatic rings. The summed E-state index contributed by atoms with van der Waals surface area (Å²) in [6.45, 7) is 4.71. The molecule has 294 valence electrons. The Morgan fingerprint density at radius 3 is 1.47 bits per heavy atom. The van der Waals surface area contributed by atoms with Crippen molar-refractivity contribution in [2.24, 2.45) is 0 Å². The molecule has 0 spiro atoms. The van der Waals surface area contributed by atoms with E-state index in [-0.39, 0.29) is 5.41 Å². The Balaban J connectivity index is 0.946. The largest absolute Gasteiger partial charge is 0.310 e. The molecule has 1 aliphatic carbocycles. The summed E-state index contributed by atoms with van der Waals surface area (Å²) in [5, 5.41) is 2.52. The molecule has 0 fully saturated rings. The minimum absolute atomic E-state index is 0.117. The third-order valence-corrected chi connectivity index (χ3v) is 12.9. The van der Waals surface area contributed by atoms with Gasteiger partial charge in [0.05, 0.1) is 5.69 Å². The van der Waals surface area contributed by atoms with E-state index in [1.807, 2.05) is 0 Å². The second-order valence-electron chi connectivity index (χ2n) is 17.0. The lowest BCUT2D eigenvalue weighted by Crippen LogP contribution is -2.16. The van der Waals surface area contributed by atoms with E-state index in [0.29, 0.717) is 0 Å². The molecule has 62 heavy (non-hydrogen) atoms. The van der Waals surface area contributed by atoms with Gasteiger partial charge in [-0.05, 0) is 126 Å². The Bertz CT molecular complexity index is 3230. The second kappa shape index (κ2) is 15.4. The number of benzene rings is 10. The molecule has 0 amide bonds. The molecule has 10 aromatic carbocycles. The van der Waals surface area contributed by atoms with Gasteiger partial charge in [-0.25, -0.2) is 0 Å². The maximum Gasteiger partial charge on any atom is 0.0540 e. The van der Waals surface area contributed by atoms with Crippen molar-refractivity contribution in [2.75, 3.05) is 4.90 Å². The van der Waals surface area contributed by atoms with E-state index in [4.69, 9.17) is 0 Å². The van der Waals surface area contributed by atoms with Gasteiger partial charge in [0.2, 0.25) is 0 Å². The number of para-hydroxylation sites is 1. The van der Waals surface area contributed by atoms with E-state index >= 15 is 0 Å². The van der Waals surface area contributed by atoms with Crippen LogP contribution in [0.25, 0.3) is 77.5 Å². The highest BCUT2D eigenvalue weighted by Gasteiger charge is 2.36. The normalized spacial score (nSPS) is 12.5. The Hall–Kier alpha value is -7.74. The summed E-state index contributed by atoms with van der Waals surface area (Å²) >= 11 is 0. The number of rotatable bonds is 8. The van der Waals surface area contributed by atoms with E-state index in [9.17, 15) is 0 Å². The molecule has 0 radical (unpaired) electrons. The minimum atomic E-state index is -0.117. The summed E-state index contributed by atoms with van der Waals surface area (Å²) in [5.41, 5.74) is 20.7. The van der Waals surface area contributed by atoms with Crippen LogP contribution >= 0.6 is 0 Å². The molecular weight excluding hydrogens is 747 g/mol. The van der Waals surface area contributed by atoms with Crippen molar-refractivity contribution in [1.82, 2.24) is 0 Å². The molecule has 0 saturated heterocycles. The lowest BCUT2D eigenvalue weighted by Gasteiger charge is -2.30. The van der Waals surface area contributed by atoms with Crippen LogP contribution in [0.5, 0.6) is 0 Å². The maximum absolute atomic E-state index is 2.44. The van der Waals surface area contributed by atoms with E-state index in [0.717, 1.165) is 17.1 Å². The van der Waals surface area contributed by atoms with Crippen molar-refractivity contribution in [1.29, 1.82) is 0 Å². The van der Waals surface area contributed by atoms with Gasteiger partial charge in [0.1, 0.15) is 0 Å². The van der Waals surface area contributed by atoms with Crippen molar-refractivity contribution >= 4 is 27.8 Å². The van der Waals surface area contributed by atoms with Crippen LogP contribution in [-0.4, -0.2) is 0 Å². The van der Waals surface area contributed by atoms with E-state index in [2.05, 4.69) is 255 Å². The summed E-state index contributed by atoms with van der Waals surface area (Å²) < 4.78 is 0. The lowest BCUT2D eigenvalue weighted by atomic mass is 9.82. The highest BCUT2D eigenvalue weighted by molar-refractivity contribution is 5.92. The van der Waals surface area contributed by atoms with Crippen LogP contribution in [0.1, 0.15) is 25.0 Å². The summed E-state index contributed by atoms with van der Waals surface area (Å²) in [4.78, 5) is 2.44. The van der Waals surface area contributed by atoms with Gasteiger partial charge in [0, 0.05) is 22.4 Å². The van der Waals surface area contributed by atoms with Crippen LogP contribution in [0.15, 0.2) is 237 Å². The van der Waals surface area contributed by atoms with Crippen molar-refractivity contribution in [3.8, 4) is 66.8 Å². The minimum Gasteiger partial charge on any atom is -0.310 e. The highest BCUT2D eigenvalue weighted by Crippen LogP contribution is 2.51. The fourth-order valence-corrected chi connectivity index (χ4v) is 9.55. The van der Waals surface area contributed by atoms with E-state index in [1.54, 1.807) is 0 Å². The summed E-state index contributed by atoms with van der Waals surface area (Å²) in [7, 11) is 0. The standard InChI is InChI=1S/C61H45N/c1-61(2)58-21-10-8-20-56(58)57-38-37-54(41-59(57)61)62(60-22-11-9-19-55(60)48-30-27-44(28-31-48)42-13-4-3-5-14-42)53-35-33-46(34-36-53)45-23-25-47(26-24-45)50-17-12-18-51(39-50)52-32-29-43-15-6-7-16-49(43)40-52/h3-41H,1-2H3. The summed E-state index contributed by atoms with van der Waals surface area (Å²) in [6.07, 6.45) is 0. The van der Waals surface area contributed by atoms with E-state index in [1.165, 1.54) is 88.7 Å². The Labute approximate surface area is 364 Å². The zero-order chi connectivity index (χ0) is 41.6. The Morgan fingerprint density at radius 1 is 0.274 bits per heavy atom. The average molecular weight is 792 g/mol. The van der Waals surface area contributed by atoms with Crippen LogP contribution in [0.3, 0.4) is 0 Å². The summed E-state index contributed by atoms with van der Waals surface area (Å²) in [5.74, 6) is 0. The third-order valence-electron chi connectivity index (χ3n) is 12.9. The molecule has 0 unspecified atom stereocenters. The van der Waals surface area contributed by atoms with Crippen LogP contribution in [-0.2, 0) is 5.41 Å². The van der Waals surface area contributed by atoms with Crippen molar-refractivity contribution in [3.05, 3.63) is 248 Å². The third kappa shape index (κ3) is 6.69. The predicted octanol–water partition coefficient (Wildman–Crippen LogP) is 17.0. The number of hydrogen-bond acceptors (Lipinski definition) is 1. The Morgan fingerprint density at radius 2 is 0.742 bits per heavy atom. The monoisotopic (exact) mass is 791 g/mol. The lowest BCUT2D eigenvalue weighted by molar-refractivity contribution is 0.660. The zero-order valence-corrected chi connectivity index (χ0v) is 35.0. The van der Waals surface area contributed by atoms with Gasteiger partial charge < -0.3 is 4.90 Å². The molecule has 0 aromatic heterocycles. The van der Waals surface area contributed by atoms with Gasteiger partial charge in [-0.1, -0.05) is 208 Å². The van der Waals surface area contributed by atoms with Crippen LogP contribution in [0.2, 0.25) is 0 Å². The number of anilines is 3. The van der Waals surface area contributed by atoms with Gasteiger partial charge in [-0.15, -0.1) is 0 Å². The fourth-order valence-electron chi connectivity index (χ4n) is 9.55. The van der Waals surface area contributed by atoms with Crippen LogP contribution in [0, 0.1) is 0 Å². The average Bonchev–Trinajstić information content (AvgIpc) is 3.57. The number of fused-ring (bicyclic) bond motifs is 4. The smallest absolute Gasteiger partial charge is 0.0540 e. The first-order valence-corrected chi connectivity index (χ1v) is 21.6. The van der Waals surface area contributed by atoms with Crippen molar-refractivity contribution in [2.45, 2.75) is 19.3 Å². The SMILES string of the molecule is CC1(C)c2ccccc2-c2ccc(N(c3ccc(-c4ccc(-c5cccc(-c6ccc7ccccc7c6)c5)cc4)cc3)c3ccccc3-c3ccc(-c4ccccc4)cc3)cc21. The first-order valence-electron chi connectivity index (χ1n) is 21.6. The first-order chi connectivity index (χ1) is 30.5. The predicted molar refractivity (Wildman–Crippen MR) is 263 cm³/mol. The molecule has 0 saturated carbocycles. The molecule has 0 atom stereocenters. The van der Waals surface area contributed by atoms with Gasteiger partial charge in [-0.2, -0.15) is 0 Å². The van der Waals surface area contributed by atoms with Gasteiger partial charge >= 0.3 is 0 Å². The molecular formula is C61H45N. The summed E-state index contributed by atoms with van der Waals surface area (Å²) in [6, 6.07) is 86.6. The molecule has 0 heterocycles. The zero-order valence-electron chi connectivity index (χ0n) is 35.0. The van der Waals surface area contributed by atoms with Crippen molar-refractivity contribution < 1.29 is 0 Å². The molecule has 0 bridgehead atoms. The number of hydrogen-bond donors (Lipinski definition) is 0. The molecule has 1 nitrogen and oxygen atoms in total. The molecule has 0 N–H and O–H groups in total. The Kier molecular flexibility index (Phi) is 9.24. The van der Waals surface area contributed by atoms with Gasteiger partial charge in [-0.3, -0.25) is 0 Å². The number of nitrogens with zero attached hydrogens (tertiary/aromatic N) is 1. The fraction of sp³-hybridized carbons (Fsp3) is 0.0492.